The Morgan fingerprint density at radius 1 is 1.02 bits per heavy atom. The Morgan fingerprint density at radius 2 is 1.86 bits per heavy atom. The molecule has 0 radical (unpaired) electrons. The molecule has 0 unspecified atom stereocenters. The maximum absolute atomic E-state index is 14.6. The number of anilines is 1. The molecule has 222 valence electrons. The molecule has 8 rings (SSSR count). The first-order chi connectivity index (χ1) is 21.4. The zero-order valence-corrected chi connectivity index (χ0v) is 24.2. The second-order valence-electron chi connectivity index (χ2n) is 11.5. The first kappa shape index (κ1) is 27.8. The lowest BCUT2D eigenvalue weighted by atomic mass is 9.86. The highest BCUT2D eigenvalue weighted by molar-refractivity contribution is 5.98. The lowest BCUT2D eigenvalue weighted by Gasteiger charge is -2.43. The Labute approximate surface area is 253 Å². The van der Waals surface area contributed by atoms with E-state index in [0.29, 0.717) is 23.9 Å². The molecule has 1 atom stereocenters. The fourth-order valence-electron chi connectivity index (χ4n) is 6.27. The van der Waals surface area contributed by atoms with E-state index in [9.17, 15) is 14.0 Å². The van der Waals surface area contributed by atoms with Crippen LogP contribution >= 0.6 is 0 Å². The summed E-state index contributed by atoms with van der Waals surface area (Å²) < 4.78 is 21.9. The molecule has 44 heavy (non-hydrogen) atoms. The van der Waals surface area contributed by atoms with E-state index >= 15 is 0 Å². The molecule has 2 bridgehead atoms. The number of benzene rings is 2. The zero-order valence-electron chi connectivity index (χ0n) is 24.2. The molecule has 0 spiro atoms. The van der Waals surface area contributed by atoms with Gasteiger partial charge in [0.2, 0.25) is 5.91 Å². The average molecular weight is 591 g/mol. The molecule has 6 heterocycles. The van der Waals surface area contributed by atoms with E-state index in [-0.39, 0.29) is 23.9 Å². The Morgan fingerprint density at radius 3 is 2.66 bits per heavy atom. The van der Waals surface area contributed by atoms with Crippen LogP contribution in [0.3, 0.4) is 0 Å². The van der Waals surface area contributed by atoms with E-state index in [4.69, 9.17) is 9.84 Å². The molecule has 10 heteroatoms. The Hall–Kier alpha value is -4.96. The Kier molecular flexibility index (Phi) is 7.35. The third-order valence-electron chi connectivity index (χ3n) is 8.41. The highest BCUT2D eigenvalue weighted by atomic mass is 19.1. The summed E-state index contributed by atoms with van der Waals surface area (Å²) in [6.07, 6.45) is 5.35. The molecule has 0 saturated carbocycles. The molecule has 1 N–H and O–H groups in total. The van der Waals surface area contributed by atoms with Crippen LogP contribution in [0.25, 0.3) is 33.4 Å². The summed E-state index contributed by atoms with van der Waals surface area (Å²) in [5, 5.41) is 8.43. The summed E-state index contributed by atoms with van der Waals surface area (Å²) in [5.41, 5.74) is 4.94. The molecule has 2 aromatic carbocycles. The van der Waals surface area contributed by atoms with Gasteiger partial charge in [0.05, 0.1) is 16.8 Å². The number of nitrogens with zero attached hydrogens (tertiary/aromatic N) is 5. The fraction of sp³-hybridized carbons (Fsp3) is 0.265. The molecule has 1 amide bonds. The van der Waals surface area contributed by atoms with Crippen molar-refractivity contribution in [2.45, 2.75) is 32.4 Å². The number of aromatic nitrogens is 4. The molecule has 3 aliphatic heterocycles. The number of rotatable bonds is 7. The minimum Gasteiger partial charge on any atom is -0.457 e. The van der Waals surface area contributed by atoms with E-state index in [0.717, 1.165) is 59.7 Å². The normalized spacial score (nSPS) is 19.2. The minimum atomic E-state index is -0.637. The van der Waals surface area contributed by atoms with Gasteiger partial charge in [0.15, 0.2) is 0 Å². The van der Waals surface area contributed by atoms with Gasteiger partial charge in [-0.3, -0.25) is 24.3 Å². The van der Waals surface area contributed by atoms with Crippen molar-refractivity contribution in [2.24, 2.45) is 5.92 Å². The Balaban J connectivity index is 1.13. The van der Waals surface area contributed by atoms with Gasteiger partial charge in [-0.1, -0.05) is 24.3 Å². The predicted molar refractivity (Wildman–Crippen MR) is 164 cm³/mol. The highest BCUT2D eigenvalue weighted by Gasteiger charge is 2.36. The number of carbonyl (C=O) groups is 2. The number of nitrogens with one attached hydrogen (secondary N) is 1. The number of esters is 1. The van der Waals surface area contributed by atoms with Gasteiger partial charge in [0.25, 0.3) is 0 Å². The lowest BCUT2D eigenvalue weighted by molar-refractivity contribution is -0.116. The molecule has 3 saturated heterocycles. The van der Waals surface area contributed by atoms with Gasteiger partial charge in [0, 0.05) is 41.3 Å². The summed E-state index contributed by atoms with van der Waals surface area (Å²) in [6, 6.07) is 19.2. The number of halogens is 1. The van der Waals surface area contributed by atoms with Gasteiger partial charge in [-0.25, -0.2) is 9.18 Å². The van der Waals surface area contributed by atoms with Crippen molar-refractivity contribution in [1.29, 1.82) is 0 Å². The summed E-state index contributed by atoms with van der Waals surface area (Å²) in [4.78, 5) is 37.6. The number of hydrogen-bond acceptors (Lipinski definition) is 7. The van der Waals surface area contributed by atoms with Crippen LogP contribution in [0.4, 0.5) is 10.1 Å². The van der Waals surface area contributed by atoms with Crippen LogP contribution in [-0.4, -0.2) is 62.3 Å². The van der Waals surface area contributed by atoms with Crippen molar-refractivity contribution in [3.05, 3.63) is 96.2 Å². The monoisotopic (exact) mass is 590 g/mol. The van der Waals surface area contributed by atoms with Gasteiger partial charge in [0.1, 0.15) is 24.2 Å². The van der Waals surface area contributed by atoms with Crippen LogP contribution in [-0.2, 0) is 16.1 Å². The van der Waals surface area contributed by atoms with Gasteiger partial charge < -0.3 is 10.1 Å². The highest BCUT2D eigenvalue weighted by Crippen LogP contribution is 2.34. The summed E-state index contributed by atoms with van der Waals surface area (Å²) in [5.74, 6) is -1.32. The quantitative estimate of drug-likeness (QED) is 0.250. The van der Waals surface area contributed by atoms with E-state index in [2.05, 4.69) is 20.2 Å². The molecule has 0 aliphatic carbocycles. The molecule has 3 aromatic heterocycles. The van der Waals surface area contributed by atoms with Crippen LogP contribution in [0, 0.1) is 18.7 Å². The number of aryl methyl sites for hydroxylation is 1. The van der Waals surface area contributed by atoms with Crippen molar-refractivity contribution >= 4 is 28.5 Å². The van der Waals surface area contributed by atoms with Gasteiger partial charge in [-0.15, -0.1) is 0 Å². The number of pyridine rings is 2. The van der Waals surface area contributed by atoms with E-state index in [1.54, 1.807) is 10.9 Å². The number of para-hydroxylation sites is 1. The standard InChI is InChI=1S/C34H31FN6O3/c1-21-5-4-8-30(37-21)33-28(26-9-12-36-29-7-3-2-6-27(26)29)18-41(39-33)20-32(42)38-25-16-23(15-24(35)17-25)34(43)44-31-19-40-13-10-22(31)11-14-40/h2-9,12,15-18,22,31H,10-11,13-14,19-20H2,1H3,(H,38,42)/t31-/m1/s1. The smallest absolute Gasteiger partial charge is 0.338 e. The third kappa shape index (κ3) is 5.68. The van der Waals surface area contributed by atoms with Crippen LogP contribution < -0.4 is 5.32 Å². The van der Waals surface area contributed by atoms with Gasteiger partial charge >= 0.3 is 5.97 Å². The predicted octanol–water partition coefficient (Wildman–Crippen LogP) is 5.50. The van der Waals surface area contributed by atoms with Gasteiger partial charge in [-0.2, -0.15) is 5.10 Å². The topological polar surface area (TPSA) is 102 Å². The zero-order chi connectivity index (χ0) is 30.2. The second-order valence-corrected chi connectivity index (χ2v) is 11.5. The summed E-state index contributed by atoms with van der Waals surface area (Å²) >= 11 is 0. The first-order valence-electron chi connectivity index (χ1n) is 14.8. The molecular weight excluding hydrogens is 559 g/mol. The first-order valence-corrected chi connectivity index (χ1v) is 14.8. The molecule has 5 aromatic rings. The number of fused-ring (bicyclic) bond motifs is 4. The van der Waals surface area contributed by atoms with E-state index < -0.39 is 17.7 Å². The van der Waals surface area contributed by atoms with Gasteiger partial charge in [-0.05, 0) is 86.8 Å². The Bertz CT molecular complexity index is 1880. The average Bonchev–Trinajstić information content (AvgIpc) is 3.44. The van der Waals surface area contributed by atoms with Crippen molar-refractivity contribution in [1.82, 2.24) is 24.6 Å². The fourth-order valence-corrected chi connectivity index (χ4v) is 6.27. The second kappa shape index (κ2) is 11.6. The van der Waals surface area contributed by atoms with Crippen LogP contribution in [0.1, 0.15) is 28.9 Å². The molecule has 3 aliphatic rings. The van der Waals surface area contributed by atoms with Crippen molar-refractivity contribution in [2.75, 3.05) is 25.0 Å². The maximum atomic E-state index is 14.6. The largest absolute Gasteiger partial charge is 0.457 e. The van der Waals surface area contributed by atoms with E-state index in [1.807, 2.05) is 61.7 Å². The minimum absolute atomic E-state index is 0.0653. The summed E-state index contributed by atoms with van der Waals surface area (Å²) in [7, 11) is 0. The third-order valence-corrected chi connectivity index (χ3v) is 8.41. The molecule has 9 nitrogen and oxygen atoms in total. The maximum Gasteiger partial charge on any atom is 0.338 e. The lowest BCUT2D eigenvalue weighted by Crippen LogP contribution is -2.51. The number of amides is 1. The van der Waals surface area contributed by atoms with Crippen molar-refractivity contribution < 1.29 is 18.7 Å². The van der Waals surface area contributed by atoms with Crippen LogP contribution in [0.15, 0.2) is 79.1 Å². The summed E-state index contributed by atoms with van der Waals surface area (Å²) in [6.45, 7) is 4.52. The number of carbonyl (C=O) groups excluding carboxylic acids is 2. The molecule has 3 fully saturated rings. The molecular formula is C34H31FN6O3. The van der Waals surface area contributed by atoms with Crippen molar-refractivity contribution in [3.63, 3.8) is 0 Å². The SMILES string of the molecule is Cc1cccc(-c2nn(CC(=O)Nc3cc(F)cc(C(=O)O[C@@H]4CN5CCC4CC5)c3)cc2-c2ccnc3ccccc23)n1. The number of piperidine rings is 3. The van der Waals surface area contributed by atoms with E-state index in [1.165, 1.54) is 12.1 Å². The van der Waals surface area contributed by atoms with Crippen LogP contribution in [0.2, 0.25) is 0 Å². The number of hydrogen-bond donors (Lipinski definition) is 1. The number of ether oxygens (including phenoxy) is 1. The van der Waals surface area contributed by atoms with Crippen molar-refractivity contribution in [3.8, 4) is 22.5 Å². The van der Waals surface area contributed by atoms with Crippen LogP contribution in [0.5, 0.6) is 0 Å².